The predicted octanol–water partition coefficient (Wildman–Crippen LogP) is 4.38. The van der Waals surface area contributed by atoms with Gasteiger partial charge in [-0.1, -0.05) is 54.6 Å². The Labute approximate surface area is 197 Å². The van der Waals surface area contributed by atoms with Crippen LogP contribution in [0.15, 0.2) is 67.4 Å². The molecule has 0 fully saturated rings. The molecule has 0 aliphatic carbocycles. The largest absolute Gasteiger partial charge is 0.490 e. The van der Waals surface area contributed by atoms with Crippen LogP contribution in [0, 0.1) is 13.8 Å². The zero-order chi connectivity index (χ0) is 23.7. The molecule has 1 atom stereocenters. The number of carbonyl (C=O) groups excluding carboxylic acids is 1. The lowest BCUT2D eigenvalue weighted by Gasteiger charge is -2.24. The molecule has 0 saturated heterocycles. The van der Waals surface area contributed by atoms with E-state index in [9.17, 15) is 4.79 Å². The molecule has 3 heterocycles. The molecular formula is C26H24N6O2. The fraction of sp³-hybridized carbons (Fsp3) is 0.192. The third kappa shape index (κ3) is 4.05. The Hall–Kier alpha value is -4.33. The number of amides is 1. The van der Waals surface area contributed by atoms with Crippen molar-refractivity contribution in [2.45, 2.75) is 26.2 Å². The number of carbonyl (C=O) groups is 1. The highest BCUT2D eigenvalue weighted by Gasteiger charge is 2.33. The normalized spacial score (nSPS) is 14.9. The number of aromatic nitrogens is 5. The van der Waals surface area contributed by atoms with Gasteiger partial charge in [0.1, 0.15) is 18.2 Å². The SMILES string of the molecule is C=CCOc1ccc(C2CC(=O)Nc3c2c(C)nn3-c2nncc(-c3ccc(C)cc3)n2)cc1. The van der Waals surface area contributed by atoms with Crippen molar-refractivity contribution < 1.29 is 9.53 Å². The monoisotopic (exact) mass is 452 g/mol. The molecular weight excluding hydrogens is 428 g/mol. The number of hydrogen-bond acceptors (Lipinski definition) is 6. The van der Waals surface area contributed by atoms with Crippen LogP contribution in [0.4, 0.5) is 5.82 Å². The molecule has 1 unspecified atom stereocenters. The van der Waals surface area contributed by atoms with E-state index >= 15 is 0 Å². The number of benzene rings is 2. The van der Waals surface area contributed by atoms with Crippen LogP contribution < -0.4 is 10.1 Å². The topological polar surface area (TPSA) is 94.8 Å². The van der Waals surface area contributed by atoms with E-state index in [2.05, 4.69) is 32.2 Å². The Kier molecular flexibility index (Phi) is 5.63. The van der Waals surface area contributed by atoms with E-state index in [0.29, 0.717) is 30.5 Å². The fourth-order valence-electron chi connectivity index (χ4n) is 4.18. The zero-order valence-electron chi connectivity index (χ0n) is 19.0. The minimum Gasteiger partial charge on any atom is -0.490 e. The number of nitrogens with zero attached hydrogens (tertiary/aromatic N) is 5. The zero-order valence-corrected chi connectivity index (χ0v) is 19.0. The Morgan fingerprint density at radius 1 is 1.15 bits per heavy atom. The second kappa shape index (κ2) is 8.90. The van der Waals surface area contributed by atoms with Crippen LogP contribution in [0.5, 0.6) is 5.75 Å². The van der Waals surface area contributed by atoms with E-state index in [-0.39, 0.29) is 11.8 Å². The summed E-state index contributed by atoms with van der Waals surface area (Å²) >= 11 is 0. The van der Waals surface area contributed by atoms with Crippen molar-refractivity contribution in [2.75, 3.05) is 11.9 Å². The van der Waals surface area contributed by atoms with E-state index < -0.39 is 0 Å². The van der Waals surface area contributed by atoms with Crippen molar-refractivity contribution in [1.82, 2.24) is 25.0 Å². The quantitative estimate of drug-likeness (QED) is 0.436. The molecule has 1 aliphatic rings. The van der Waals surface area contributed by atoms with Gasteiger partial charge in [-0.2, -0.15) is 14.9 Å². The highest BCUT2D eigenvalue weighted by Crippen LogP contribution is 2.40. The lowest BCUT2D eigenvalue weighted by molar-refractivity contribution is -0.116. The van der Waals surface area contributed by atoms with Crippen molar-refractivity contribution in [3.8, 4) is 23.0 Å². The second-order valence-corrected chi connectivity index (χ2v) is 8.24. The first kappa shape index (κ1) is 21.5. The van der Waals surface area contributed by atoms with Crippen LogP contribution in [-0.4, -0.2) is 37.5 Å². The second-order valence-electron chi connectivity index (χ2n) is 8.24. The average molecular weight is 453 g/mol. The van der Waals surface area contributed by atoms with Crippen LogP contribution in [0.3, 0.4) is 0 Å². The molecule has 2 aromatic carbocycles. The first-order valence-electron chi connectivity index (χ1n) is 11.0. The minimum absolute atomic E-state index is 0.0896. The minimum atomic E-state index is -0.140. The molecule has 0 bridgehead atoms. The predicted molar refractivity (Wildman–Crippen MR) is 129 cm³/mol. The lowest BCUT2D eigenvalue weighted by atomic mass is 9.86. The van der Waals surface area contributed by atoms with Crippen LogP contribution in [-0.2, 0) is 4.79 Å². The summed E-state index contributed by atoms with van der Waals surface area (Å²) in [4.78, 5) is 17.4. The number of rotatable bonds is 6. The van der Waals surface area contributed by atoms with Crippen LogP contribution >= 0.6 is 0 Å². The van der Waals surface area contributed by atoms with Crippen LogP contribution in [0.1, 0.15) is 34.7 Å². The first-order chi connectivity index (χ1) is 16.5. The van der Waals surface area contributed by atoms with E-state index in [4.69, 9.17) is 4.74 Å². The maximum absolute atomic E-state index is 12.7. The Balaban J connectivity index is 1.53. The molecule has 8 heteroatoms. The van der Waals surface area contributed by atoms with Gasteiger partial charge in [0.05, 0.1) is 17.6 Å². The van der Waals surface area contributed by atoms with Gasteiger partial charge in [0.2, 0.25) is 5.91 Å². The van der Waals surface area contributed by atoms with E-state index in [1.165, 1.54) is 0 Å². The number of anilines is 1. The molecule has 34 heavy (non-hydrogen) atoms. The van der Waals surface area contributed by atoms with Gasteiger partial charge in [0.15, 0.2) is 0 Å². The van der Waals surface area contributed by atoms with Gasteiger partial charge in [-0.25, -0.2) is 4.98 Å². The summed E-state index contributed by atoms with van der Waals surface area (Å²) in [6, 6.07) is 15.8. The number of fused-ring (bicyclic) bond motifs is 1. The molecule has 0 saturated carbocycles. The third-order valence-electron chi connectivity index (χ3n) is 5.84. The number of aryl methyl sites for hydroxylation is 2. The maximum Gasteiger partial charge on any atom is 0.272 e. The van der Waals surface area contributed by atoms with Crippen LogP contribution in [0.25, 0.3) is 17.2 Å². The van der Waals surface area contributed by atoms with Gasteiger partial charge in [-0.15, -0.1) is 5.10 Å². The maximum atomic E-state index is 12.7. The lowest BCUT2D eigenvalue weighted by Crippen LogP contribution is -2.25. The number of hydrogen-bond donors (Lipinski definition) is 1. The molecule has 5 rings (SSSR count). The number of nitrogens with one attached hydrogen (secondary N) is 1. The fourth-order valence-corrected chi connectivity index (χ4v) is 4.18. The summed E-state index contributed by atoms with van der Waals surface area (Å²) < 4.78 is 7.16. The van der Waals surface area contributed by atoms with Gasteiger partial charge < -0.3 is 10.1 Å². The molecule has 1 amide bonds. The summed E-state index contributed by atoms with van der Waals surface area (Å²) in [7, 11) is 0. The average Bonchev–Trinajstić information content (AvgIpc) is 3.19. The highest BCUT2D eigenvalue weighted by molar-refractivity contribution is 5.95. The van der Waals surface area contributed by atoms with Crippen molar-refractivity contribution in [3.63, 3.8) is 0 Å². The standard InChI is InChI=1S/C26H24N6O2/c1-4-13-34-20-11-9-18(10-12-20)21-14-23(33)29-25-24(21)17(3)31-32(25)26-28-22(15-27-30-26)19-7-5-16(2)6-8-19/h4-12,15,21H,1,13-14H2,2-3H3,(H,29,33). The third-order valence-corrected chi connectivity index (χ3v) is 5.84. The Morgan fingerprint density at radius 2 is 1.91 bits per heavy atom. The Bertz CT molecular complexity index is 1360. The molecule has 0 radical (unpaired) electrons. The van der Waals surface area contributed by atoms with Crippen LogP contribution in [0.2, 0.25) is 0 Å². The summed E-state index contributed by atoms with van der Waals surface area (Å²) in [6.45, 7) is 8.08. The van der Waals surface area contributed by atoms with Crippen molar-refractivity contribution in [3.05, 3.63) is 89.8 Å². The molecule has 170 valence electrons. The van der Waals surface area contributed by atoms with E-state index in [0.717, 1.165) is 33.7 Å². The van der Waals surface area contributed by atoms with Crippen molar-refractivity contribution in [1.29, 1.82) is 0 Å². The van der Waals surface area contributed by atoms with Crippen molar-refractivity contribution >= 4 is 11.7 Å². The first-order valence-corrected chi connectivity index (χ1v) is 11.0. The highest BCUT2D eigenvalue weighted by atomic mass is 16.5. The Morgan fingerprint density at radius 3 is 2.65 bits per heavy atom. The van der Waals surface area contributed by atoms with Gasteiger partial charge in [0, 0.05) is 23.5 Å². The summed E-state index contributed by atoms with van der Waals surface area (Å²) in [5, 5.41) is 16.0. The summed E-state index contributed by atoms with van der Waals surface area (Å²) in [5.41, 5.74) is 5.54. The van der Waals surface area contributed by atoms with E-state index in [1.807, 2.05) is 62.4 Å². The molecule has 0 spiro atoms. The molecule has 4 aromatic rings. The summed E-state index contributed by atoms with van der Waals surface area (Å²) in [6.07, 6.45) is 3.65. The molecule has 1 aliphatic heterocycles. The smallest absolute Gasteiger partial charge is 0.272 e. The summed E-state index contributed by atoms with van der Waals surface area (Å²) in [5.74, 6) is 1.40. The van der Waals surface area contributed by atoms with E-state index in [1.54, 1.807) is 17.0 Å². The van der Waals surface area contributed by atoms with Gasteiger partial charge in [-0.05, 0) is 31.5 Å². The van der Waals surface area contributed by atoms with Gasteiger partial charge >= 0.3 is 0 Å². The molecule has 8 nitrogen and oxygen atoms in total. The van der Waals surface area contributed by atoms with Gasteiger partial charge in [-0.3, -0.25) is 4.79 Å². The van der Waals surface area contributed by atoms with Crippen molar-refractivity contribution in [2.24, 2.45) is 0 Å². The number of ether oxygens (including phenoxy) is 1. The molecule has 2 aromatic heterocycles. The molecule has 1 N–H and O–H groups in total. The van der Waals surface area contributed by atoms with Gasteiger partial charge in [0.25, 0.3) is 5.95 Å².